The molecule has 0 spiro atoms. The van der Waals surface area contributed by atoms with Gasteiger partial charge < -0.3 is 20.1 Å². The van der Waals surface area contributed by atoms with Crippen molar-refractivity contribution in [1.29, 1.82) is 0 Å². The minimum Gasteiger partial charge on any atom is -0.494 e. The number of ether oxygens (including phenoxy) is 1. The summed E-state index contributed by atoms with van der Waals surface area (Å²) in [5.74, 6) is -0.673. The third kappa shape index (κ3) is 4.76. The van der Waals surface area contributed by atoms with Gasteiger partial charge in [-0.3, -0.25) is 4.79 Å². The average molecular weight is 596 g/mol. The number of amides is 1. The van der Waals surface area contributed by atoms with Crippen LogP contribution >= 0.6 is 22.6 Å². The number of methoxy groups -OCH3 is 1. The Balaban J connectivity index is 1.50. The number of para-hydroxylation sites is 1. The van der Waals surface area contributed by atoms with Gasteiger partial charge in [0, 0.05) is 31.6 Å². The Labute approximate surface area is 219 Å². The minimum absolute atomic E-state index is 0.107. The fourth-order valence-electron chi connectivity index (χ4n) is 4.19. The van der Waals surface area contributed by atoms with Gasteiger partial charge in [-0.2, -0.15) is 0 Å². The Morgan fingerprint density at radius 2 is 1.97 bits per heavy atom. The van der Waals surface area contributed by atoms with Crippen molar-refractivity contribution < 1.29 is 19.0 Å². The number of benzene rings is 3. The summed E-state index contributed by atoms with van der Waals surface area (Å²) >= 11 is 2.16. The van der Waals surface area contributed by atoms with E-state index in [0.717, 1.165) is 20.0 Å². The number of aliphatic hydroxyl groups excluding tert-OH is 1. The van der Waals surface area contributed by atoms with Crippen LogP contribution in [0.2, 0.25) is 0 Å². The number of hydrogen-bond donors (Lipinski definition) is 3. The van der Waals surface area contributed by atoms with Gasteiger partial charge in [-0.25, -0.2) is 14.4 Å². The molecule has 5 rings (SSSR count). The van der Waals surface area contributed by atoms with Crippen LogP contribution in [0.1, 0.15) is 16.1 Å². The molecule has 0 aliphatic heterocycles. The Morgan fingerprint density at radius 3 is 2.75 bits per heavy atom. The number of halogens is 2. The summed E-state index contributed by atoms with van der Waals surface area (Å²) in [4.78, 5) is 25.8. The van der Waals surface area contributed by atoms with Crippen molar-refractivity contribution in [3.8, 4) is 17.1 Å². The number of rotatable bonds is 7. The predicted octanol–water partition coefficient (Wildman–Crippen LogP) is 4.86. The third-order valence-corrected chi connectivity index (χ3v) is 6.65. The van der Waals surface area contributed by atoms with E-state index in [9.17, 15) is 14.3 Å². The molecule has 0 bridgehead atoms. The van der Waals surface area contributed by atoms with E-state index in [4.69, 9.17) is 4.74 Å². The van der Waals surface area contributed by atoms with Crippen molar-refractivity contribution in [3.63, 3.8) is 0 Å². The summed E-state index contributed by atoms with van der Waals surface area (Å²) in [6.45, 7) is -0.248. The lowest BCUT2D eigenvalue weighted by Gasteiger charge is -2.17. The van der Waals surface area contributed by atoms with Gasteiger partial charge in [0.2, 0.25) is 0 Å². The predicted molar refractivity (Wildman–Crippen MR) is 145 cm³/mol. The number of carbonyl (C=O) groups excluding carboxylic acids is 1. The second-order valence-corrected chi connectivity index (χ2v) is 9.57. The lowest BCUT2D eigenvalue weighted by molar-refractivity contribution is 0.0913. The number of fused-ring (bicyclic) bond motifs is 2. The van der Waals surface area contributed by atoms with Gasteiger partial charge in [-0.05, 0) is 77.0 Å². The maximum absolute atomic E-state index is 14.4. The van der Waals surface area contributed by atoms with E-state index < -0.39 is 17.8 Å². The summed E-state index contributed by atoms with van der Waals surface area (Å²) in [6, 6.07) is 17.3. The first-order chi connectivity index (χ1) is 17.5. The Bertz CT molecular complexity index is 1590. The molecule has 1 atom stereocenters. The SMILES string of the molecule is COc1ccc(-c2nc(C(=O)N[C@@H](CO)Cc3c[nH]c4ccccc34)c3cc(I)ccc3n2)cc1F. The van der Waals surface area contributed by atoms with Crippen LogP contribution in [0.25, 0.3) is 33.2 Å². The van der Waals surface area contributed by atoms with Gasteiger partial charge in [0.05, 0.1) is 25.3 Å². The van der Waals surface area contributed by atoms with Crippen LogP contribution < -0.4 is 10.1 Å². The second kappa shape index (κ2) is 10.2. The molecule has 0 saturated carbocycles. The minimum atomic E-state index is -0.550. The number of hydrogen-bond acceptors (Lipinski definition) is 5. The van der Waals surface area contributed by atoms with E-state index in [1.807, 2.05) is 42.6 Å². The molecular weight excluding hydrogens is 574 g/mol. The lowest BCUT2D eigenvalue weighted by atomic mass is 10.0. The summed E-state index contributed by atoms with van der Waals surface area (Å²) < 4.78 is 20.3. The van der Waals surface area contributed by atoms with Crippen molar-refractivity contribution in [2.24, 2.45) is 0 Å². The number of carbonyl (C=O) groups is 1. The van der Waals surface area contributed by atoms with Crippen LogP contribution in [-0.2, 0) is 6.42 Å². The molecule has 9 heteroatoms. The number of nitrogens with zero attached hydrogens (tertiary/aromatic N) is 2. The fourth-order valence-corrected chi connectivity index (χ4v) is 4.68. The van der Waals surface area contributed by atoms with E-state index in [1.54, 1.807) is 12.1 Å². The number of aromatic amines is 1. The molecule has 0 fully saturated rings. The molecule has 3 N–H and O–H groups in total. The molecule has 0 aliphatic carbocycles. The van der Waals surface area contributed by atoms with Crippen molar-refractivity contribution in [1.82, 2.24) is 20.3 Å². The maximum atomic E-state index is 14.4. The van der Waals surface area contributed by atoms with E-state index in [2.05, 4.69) is 42.9 Å². The molecule has 0 radical (unpaired) electrons. The average Bonchev–Trinajstić information content (AvgIpc) is 3.30. The second-order valence-electron chi connectivity index (χ2n) is 8.32. The molecular formula is C27H22FIN4O3. The highest BCUT2D eigenvalue weighted by molar-refractivity contribution is 14.1. The van der Waals surface area contributed by atoms with Crippen molar-refractivity contribution in [2.45, 2.75) is 12.5 Å². The molecule has 36 heavy (non-hydrogen) atoms. The Kier molecular flexibility index (Phi) is 6.84. The van der Waals surface area contributed by atoms with Gasteiger partial charge in [0.1, 0.15) is 5.69 Å². The van der Waals surface area contributed by atoms with E-state index in [-0.39, 0.29) is 23.9 Å². The molecule has 0 saturated heterocycles. The number of aliphatic hydroxyl groups is 1. The zero-order chi connectivity index (χ0) is 25.2. The molecule has 2 aromatic heterocycles. The monoisotopic (exact) mass is 596 g/mol. The Morgan fingerprint density at radius 1 is 1.14 bits per heavy atom. The summed E-state index contributed by atoms with van der Waals surface area (Å²) in [6.07, 6.45) is 2.32. The molecule has 7 nitrogen and oxygen atoms in total. The van der Waals surface area contributed by atoms with Crippen LogP contribution in [0.3, 0.4) is 0 Å². The summed E-state index contributed by atoms with van der Waals surface area (Å²) in [7, 11) is 1.39. The van der Waals surface area contributed by atoms with Gasteiger partial charge in [-0.1, -0.05) is 18.2 Å². The fraction of sp³-hybridized carbons (Fsp3) is 0.148. The molecule has 5 aromatic rings. The zero-order valence-electron chi connectivity index (χ0n) is 19.3. The highest BCUT2D eigenvalue weighted by Crippen LogP contribution is 2.27. The maximum Gasteiger partial charge on any atom is 0.270 e. The topological polar surface area (TPSA) is 100 Å². The largest absolute Gasteiger partial charge is 0.494 e. The van der Waals surface area contributed by atoms with E-state index >= 15 is 0 Å². The zero-order valence-corrected chi connectivity index (χ0v) is 21.4. The van der Waals surface area contributed by atoms with Gasteiger partial charge in [-0.15, -0.1) is 0 Å². The first-order valence-electron chi connectivity index (χ1n) is 11.2. The van der Waals surface area contributed by atoms with Crippen LogP contribution in [0.4, 0.5) is 4.39 Å². The standard InChI is InChI=1S/C27H22FIN4O3/c1-36-24-9-6-15(11-21(24)28)26-32-23-8-7-17(29)12-20(23)25(33-26)27(35)31-18(14-34)10-16-13-30-22-5-3-2-4-19(16)22/h2-9,11-13,18,30,34H,10,14H2,1H3,(H,31,35)/t18-/m1/s1. The van der Waals surface area contributed by atoms with Crippen molar-refractivity contribution >= 4 is 50.3 Å². The highest BCUT2D eigenvalue weighted by Gasteiger charge is 2.21. The third-order valence-electron chi connectivity index (χ3n) is 5.98. The summed E-state index contributed by atoms with van der Waals surface area (Å²) in [5, 5.41) is 14.6. The molecule has 182 valence electrons. The van der Waals surface area contributed by atoms with Crippen LogP contribution in [0, 0.1) is 9.39 Å². The molecule has 0 aliphatic rings. The molecule has 2 heterocycles. The van der Waals surface area contributed by atoms with E-state index in [0.29, 0.717) is 22.9 Å². The van der Waals surface area contributed by atoms with Gasteiger partial charge in [0.15, 0.2) is 17.4 Å². The number of H-pyrrole nitrogens is 1. The quantitative estimate of drug-likeness (QED) is 0.233. The van der Waals surface area contributed by atoms with Gasteiger partial charge in [0.25, 0.3) is 5.91 Å². The normalized spacial score (nSPS) is 12.1. The molecule has 1 amide bonds. The summed E-state index contributed by atoms with van der Waals surface area (Å²) in [5.41, 5.74) is 3.10. The van der Waals surface area contributed by atoms with Crippen LogP contribution in [0.5, 0.6) is 5.75 Å². The first-order valence-corrected chi connectivity index (χ1v) is 12.3. The smallest absolute Gasteiger partial charge is 0.270 e. The first kappa shape index (κ1) is 24.1. The van der Waals surface area contributed by atoms with Crippen LogP contribution in [-0.4, -0.2) is 45.7 Å². The molecule has 0 unspecified atom stereocenters. The van der Waals surface area contributed by atoms with Crippen molar-refractivity contribution in [3.05, 3.63) is 87.5 Å². The van der Waals surface area contributed by atoms with Crippen molar-refractivity contribution in [2.75, 3.05) is 13.7 Å². The lowest BCUT2D eigenvalue weighted by Crippen LogP contribution is -2.39. The van der Waals surface area contributed by atoms with Gasteiger partial charge >= 0.3 is 0 Å². The Hall–Kier alpha value is -3.57. The molecule has 3 aromatic carbocycles. The highest BCUT2D eigenvalue weighted by atomic mass is 127. The number of nitrogens with one attached hydrogen (secondary N) is 2. The van der Waals surface area contributed by atoms with E-state index in [1.165, 1.54) is 19.2 Å². The van der Waals surface area contributed by atoms with Crippen LogP contribution in [0.15, 0.2) is 66.9 Å². The number of aromatic nitrogens is 3.